The molecule has 0 unspecified atom stereocenters. The van der Waals surface area contributed by atoms with Crippen molar-refractivity contribution in [2.24, 2.45) is 0 Å². The number of aryl methyl sites for hydroxylation is 3. The van der Waals surface area contributed by atoms with Gasteiger partial charge in [0, 0.05) is 24.6 Å². The van der Waals surface area contributed by atoms with Crippen molar-refractivity contribution in [3.63, 3.8) is 0 Å². The molecule has 0 bridgehead atoms. The van der Waals surface area contributed by atoms with Crippen molar-refractivity contribution >= 4 is 11.8 Å². The smallest absolute Gasteiger partial charge is 0.303 e. The van der Waals surface area contributed by atoms with Crippen LogP contribution in [-0.4, -0.2) is 32.6 Å². The number of nitrogens with zero attached hydrogens (tertiary/aromatic N) is 3. The molecule has 0 aliphatic carbocycles. The van der Waals surface area contributed by atoms with Crippen LogP contribution in [-0.2, 0) is 17.6 Å². The van der Waals surface area contributed by atoms with Crippen LogP contribution >= 0.6 is 0 Å². The number of unbranched alkanes of at least 4 members (excludes halogenated alkanes) is 3. The summed E-state index contributed by atoms with van der Waals surface area (Å²) in [6.07, 6.45) is 12.2. The van der Waals surface area contributed by atoms with Gasteiger partial charge in [-0.1, -0.05) is 25.3 Å². The molecule has 0 amide bonds. The van der Waals surface area contributed by atoms with Gasteiger partial charge in [-0.2, -0.15) is 0 Å². The topological polar surface area (TPSA) is 88.0 Å². The SMILES string of the molecule is Cc1ncc([C@@H](CCCCCCc2ccc3c(n2)NCCC3)CC(=O)O)cn1. The quantitative estimate of drug-likeness (QED) is 0.596. The van der Waals surface area contributed by atoms with E-state index in [9.17, 15) is 9.90 Å². The van der Waals surface area contributed by atoms with Crippen LogP contribution in [0.5, 0.6) is 0 Å². The summed E-state index contributed by atoms with van der Waals surface area (Å²) in [5.41, 5.74) is 3.42. The molecule has 3 heterocycles. The molecule has 2 aromatic rings. The van der Waals surface area contributed by atoms with Crippen molar-refractivity contribution in [3.05, 3.63) is 47.2 Å². The first-order valence-corrected chi connectivity index (χ1v) is 10.3. The third-order valence-corrected chi connectivity index (χ3v) is 5.38. The molecular formula is C22H30N4O2. The number of carbonyl (C=O) groups is 1. The summed E-state index contributed by atoms with van der Waals surface area (Å²) in [6, 6.07) is 4.37. The maximum absolute atomic E-state index is 11.2. The molecule has 0 radical (unpaired) electrons. The van der Waals surface area contributed by atoms with Gasteiger partial charge in [-0.25, -0.2) is 15.0 Å². The van der Waals surface area contributed by atoms with Crippen molar-refractivity contribution < 1.29 is 9.90 Å². The number of fused-ring (bicyclic) bond motifs is 1. The van der Waals surface area contributed by atoms with E-state index < -0.39 is 5.97 Å². The highest BCUT2D eigenvalue weighted by Crippen LogP contribution is 2.26. The van der Waals surface area contributed by atoms with Gasteiger partial charge in [-0.05, 0) is 62.1 Å². The van der Waals surface area contributed by atoms with Crippen LogP contribution in [0.25, 0.3) is 0 Å². The van der Waals surface area contributed by atoms with Gasteiger partial charge >= 0.3 is 5.97 Å². The number of carboxylic acid groups (broad SMARTS) is 1. The Balaban J connectivity index is 1.40. The van der Waals surface area contributed by atoms with Crippen LogP contribution in [0.15, 0.2) is 24.5 Å². The van der Waals surface area contributed by atoms with Gasteiger partial charge in [0.25, 0.3) is 0 Å². The molecule has 0 fully saturated rings. The van der Waals surface area contributed by atoms with Gasteiger partial charge in [-0.15, -0.1) is 0 Å². The van der Waals surface area contributed by atoms with Crippen LogP contribution in [0.2, 0.25) is 0 Å². The third kappa shape index (κ3) is 6.01. The first-order chi connectivity index (χ1) is 13.6. The molecule has 2 N–H and O–H groups in total. The van der Waals surface area contributed by atoms with Gasteiger partial charge in [0.15, 0.2) is 0 Å². The number of carboxylic acids is 1. The predicted octanol–water partition coefficient (Wildman–Crippen LogP) is 4.29. The first-order valence-electron chi connectivity index (χ1n) is 10.3. The summed E-state index contributed by atoms with van der Waals surface area (Å²) in [7, 11) is 0. The Kier molecular flexibility index (Phi) is 7.34. The number of aliphatic carboxylic acids is 1. The summed E-state index contributed by atoms with van der Waals surface area (Å²) >= 11 is 0. The van der Waals surface area contributed by atoms with E-state index in [0.29, 0.717) is 5.82 Å². The van der Waals surface area contributed by atoms with Gasteiger partial charge in [0.05, 0.1) is 6.42 Å². The minimum atomic E-state index is -0.766. The fourth-order valence-corrected chi connectivity index (χ4v) is 3.77. The molecule has 0 saturated carbocycles. The molecule has 28 heavy (non-hydrogen) atoms. The molecule has 150 valence electrons. The zero-order chi connectivity index (χ0) is 19.8. The standard InChI is InChI=1S/C22H30N4O2/c1-16-24-14-19(15-25-16)18(13-21(27)28)7-4-2-3-5-9-20-11-10-17-8-6-12-23-22(17)26-20/h10-11,14-15,18H,2-9,12-13H2,1H3,(H,23,26)(H,27,28)/t18-/m0/s1. The van der Waals surface area contributed by atoms with E-state index in [0.717, 1.165) is 68.6 Å². The third-order valence-electron chi connectivity index (χ3n) is 5.38. The van der Waals surface area contributed by atoms with Gasteiger partial charge in [0.2, 0.25) is 0 Å². The minimum absolute atomic E-state index is 0.00788. The molecule has 2 aromatic heterocycles. The zero-order valence-electron chi connectivity index (χ0n) is 16.7. The Bertz CT molecular complexity index is 777. The number of nitrogens with one attached hydrogen (secondary N) is 1. The molecule has 0 saturated heterocycles. The average Bonchev–Trinajstić information content (AvgIpc) is 2.70. The second-order valence-corrected chi connectivity index (χ2v) is 7.65. The summed E-state index contributed by atoms with van der Waals surface area (Å²) < 4.78 is 0. The lowest BCUT2D eigenvalue weighted by Crippen LogP contribution is -2.13. The van der Waals surface area contributed by atoms with E-state index in [1.807, 2.05) is 6.92 Å². The number of aromatic nitrogens is 3. The number of pyridine rings is 1. The second kappa shape index (κ2) is 10.2. The number of rotatable bonds is 10. The fraction of sp³-hybridized carbons (Fsp3) is 0.545. The summed E-state index contributed by atoms with van der Waals surface area (Å²) in [5, 5.41) is 12.6. The first kappa shape index (κ1) is 20.2. The summed E-state index contributed by atoms with van der Waals surface area (Å²) in [4.78, 5) is 24.4. The average molecular weight is 383 g/mol. The number of hydrogen-bond acceptors (Lipinski definition) is 5. The fourth-order valence-electron chi connectivity index (χ4n) is 3.77. The van der Waals surface area contributed by atoms with E-state index in [4.69, 9.17) is 4.98 Å². The van der Waals surface area contributed by atoms with E-state index in [-0.39, 0.29) is 12.3 Å². The van der Waals surface area contributed by atoms with Crippen LogP contribution in [0.1, 0.15) is 73.5 Å². The van der Waals surface area contributed by atoms with Crippen molar-refractivity contribution in [3.8, 4) is 0 Å². The van der Waals surface area contributed by atoms with Gasteiger partial charge in [-0.3, -0.25) is 4.79 Å². The number of hydrogen-bond donors (Lipinski definition) is 2. The Hall–Kier alpha value is -2.50. The lowest BCUT2D eigenvalue weighted by Gasteiger charge is -2.17. The Morgan fingerprint density at radius 1 is 1.18 bits per heavy atom. The monoisotopic (exact) mass is 382 g/mol. The molecule has 1 atom stereocenters. The van der Waals surface area contributed by atoms with E-state index in [1.165, 1.54) is 12.0 Å². The van der Waals surface area contributed by atoms with Crippen LogP contribution in [0.4, 0.5) is 5.82 Å². The van der Waals surface area contributed by atoms with Gasteiger partial charge < -0.3 is 10.4 Å². The molecule has 6 nitrogen and oxygen atoms in total. The normalized spacial score (nSPS) is 14.2. The largest absolute Gasteiger partial charge is 0.481 e. The predicted molar refractivity (Wildman–Crippen MR) is 110 cm³/mol. The second-order valence-electron chi connectivity index (χ2n) is 7.65. The highest BCUT2D eigenvalue weighted by atomic mass is 16.4. The lowest BCUT2D eigenvalue weighted by molar-refractivity contribution is -0.137. The van der Waals surface area contributed by atoms with Crippen molar-refractivity contribution in [2.75, 3.05) is 11.9 Å². The Morgan fingerprint density at radius 2 is 1.96 bits per heavy atom. The minimum Gasteiger partial charge on any atom is -0.481 e. The lowest BCUT2D eigenvalue weighted by atomic mass is 9.92. The van der Waals surface area contributed by atoms with Gasteiger partial charge in [0.1, 0.15) is 11.6 Å². The van der Waals surface area contributed by atoms with Crippen LogP contribution in [0, 0.1) is 6.92 Å². The molecule has 1 aliphatic heterocycles. The van der Waals surface area contributed by atoms with E-state index >= 15 is 0 Å². The van der Waals surface area contributed by atoms with E-state index in [1.54, 1.807) is 12.4 Å². The molecule has 0 aromatic carbocycles. The summed E-state index contributed by atoms with van der Waals surface area (Å²) in [5.74, 6) is 1.01. The van der Waals surface area contributed by atoms with Crippen molar-refractivity contribution in [1.29, 1.82) is 0 Å². The molecule has 1 aliphatic rings. The van der Waals surface area contributed by atoms with Crippen LogP contribution < -0.4 is 5.32 Å². The van der Waals surface area contributed by atoms with E-state index in [2.05, 4.69) is 27.4 Å². The molecule has 3 rings (SSSR count). The Morgan fingerprint density at radius 3 is 2.75 bits per heavy atom. The maximum atomic E-state index is 11.2. The number of anilines is 1. The zero-order valence-corrected chi connectivity index (χ0v) is 16.7. The highest BCUT2D eigenvalue weighted by molar-refractivity contribution is 5.68. The maximum Gasteiger partial charge on any atom is 0.303 e. The Labute approximate surface area is 166 Å². The van der Waals surface area contributed by atoms with Crippen LogP contribution in [0.3, 0.4) is 0 Å². The molecule has 6 heteroatoms. The van der Waals surface area contributed by atoms with Crippen molar-refractivity contribution in [1.82, 2.24) is 15.0 Å². The molecular weight excluding hydrogens is 352 g/mol. The summed E-state index contributed by atoms with van der Waals surface area (Å²) in [6.45, 7) is 2.86. The highest BCUT2D eigenvalue weighted by Gasteiger charge is 2.16. The molecule has 0 spiro atoms. The van der Waals surface area contributed by atoms with Crippen molar-refractivity contribution in [2.45, 2.75) is 70.6 Å².